The molecule has 218 valence electrons. The lowest BCUT2D eigenvalue weighted by molar-refractivity contribution is 1.48. The fourth-order valence-electron chi connectivity index (χ4n) is 6.44. The van der Waals surface area contributed by atoms with Gasteiger partial charge in [0.15, 0.2) is 5.69 Å². The zero-order valence-corrected chi connectivity index (χ0v) is 25.8. The van der Waals surface area contributed by atoms with Crippen molar-refractivity contribution in [2.75, 3.05) is 0 Å². The second-order valence-electron chi connectivity index (χ2n) is 11.6. The summed E-state index contributed by atoms with van der Waals surface area (Å²) in [4.78, 5) is 3.52. The monoisotopic (exact) mass is 604 g/mol. The average Bonchev–Trinajstić information content (AvgIpc) is 3.16. The quantitative estimate of drug-likeness (QED) is 0.110. The average molecular weight is 605 g/mol. The molecule has 0 aliphatic carbocycles. The summed E-state index contributed by atoms with van der Waals surface area (Å²) >= 11 is 0. The highest BCUT2D eigenvalue weighted by Crippen LogP contribution is 2.44. The van der Waals surface area contributed by atoms with Gasteiger partial charge in [0.1, 0.15) is 0 Å². The summed E-state index contributed by atoms with van der Waals surface area (Å²) < 4.78 is 0. The van der Waals surface area contributed by atoms with Gasteiger partial charge in [0, 0.05) is 22.3 Å². The summed E-state index contributed by atoms with van der Waals surface area (Å²) in [6, 6.07) is 51.2. The van der Waals surface area contributed by atoms with Crippen molar-refractivity contribution in [3.63, 3.8) is 0 Å². The van der Waals surface area contributed by atoms with Gasteiger partial charge >= 0.3 is 0 Å². The maximum atomic E-state index is 9.25. The molecule has 8 rings (SSSR count). The second-order valence-corrected chi connectivity index (χ2v) is 11.6. The Morgan fingerprint density at radius 1 is 0.438 bits per heavy atom. The molecule has 8 aromatic carbocycles. The molecule has 0 unspecified atom stereocenters. The van der Waals surface area contributed by atoms with Crippen LogP contribution in [0.15, 0.2) is 146 Å². The fourth-order valence-corrected chi connectivity index (χ4v) is 6.44. The fraction of sp³-hybridized carbons (Fsp3) is 0. The van der Waals surface area contributed by atoms with Gasteiger partial charge in [-0.05, 0) is 91.0 Å². The number of hydrogen-bond donors (Lipinski definition) is 0. The lowest BCUT2D eigenvalue weighted by Crippen LogP contribution is -1.94. The summed E-state index contributed by atoms with van der Waals surface area (Å²) in [5.74, 6) is 13.7. The van der Waals surface area contributed by atoms with E-state index in [4.69, 9.17) is 6.57 Å². The summed E-state index contributed by atoms with van der Waals surface area (Å²) in [7, 11) is 0. The van der Waals surface area contributed by atoms with Crippen molar-refractivity contribution in [1.82, 2.24) is 0 Å². The number of hydrogen-bond acceptors (Lipinski definition) is 1. The van der Waals surface area contributed by atoms with E-state index in [0.717, 1.165) is 71.4 Å². The molecule has 0 saturated carbocycles. The van der Waals surface area contributed by atoms with Crippen LogP contribution in [0, 0.1) is 41.6 Å². The predicted molar refractivity (Wildman–Crippen MR) is 197 cm³/mol. The van der Waals surface area contributed by atoms with Crippen molar-refractivity contribution < 1.29 is 0 Å². The Hall–Kier alpha value is -7.10. The van der Waals surface area contributed by atoms with Crippen molar-refractivity contribution >= 4 is 38.0 Å². The van der Waals surface area contributed by atoms with Crippen molar-refractivity contribution in [1.29, 1.82) is 5.26 Å². The highest BCUT2D eigenvalue weighted by molar-refractivity contribution is 6.29. The van der Waals surface area contributed by atoms with Crippen LogP contribution in [-0.2, 0) is 0 Å². The minimum absolute atomic E-state index is 0.599. The van der Waals surface area contributed by atoms with Crippen LogP contribution < -0.4 is 0 Å². The molecule has 0 amide bonds. The third-order valence-corrected chi connectivity index (χ3v) is 8.76. The molecule has 0 spiro atoms. The van der Waals surface area contributed by atoms with Gasteiger partial charge in [-0.1, -0.05) is 133 Å². The van der Waals surface area contributed by atoms with Crippen LogP contribution in [0.3, 0.4) is 0 Å². The molecular weight excluding hydrogens is 581 g/mol. The molecule has 0 aliphatic heterocycles. The zero-order chi connectivity index (χ0) is 32.5. The molecule has 0 fully saturated rings. The molecule has 2 nitrogen and oxygen atoms in total. The molecule has 48 heavy (non-hydrogen) atoms. The third kappa shape index (κ3) is 5.08. The van der Waals surface area contributed by atoms with E-state index < -0.39 is 0 Å². The van der Waals surface area contributed by atoms with Gasteiger partial charge in [0.25, 0.3) is 0 Å². The Kier molecular flexibility index (Phi) is 7.10. The maximum absolute atomic E-state index is 9.25. The molecule has 0 radical (unpaired) electrons. The predicted octanol–water partition coefficient (Wildman–Crippen LogP) is 11.1. The van der Waals surface area contributed by atoms with Gasteiger partial charge < -0.3 is 0 Å². The van der Waals surface area contributed by atoms with Crippen LogP contribution in [0.4, 0.5) is 5.69 Å². The van der Waals surface area contributed by atoms with Crippen molar-refractivity contribution in [2.45, 2.75) is 0 Å². The Morgan fingerprint density at radius 2 is 0.854 bits per heavy atom. The van der Waals surface area contributed by atoms with Crippen LogP contribution in [0.5, 0.6) is 0 Å². The Morgan fingerprint density at radius 3 is 1.29 bits per heavy atom. The summed E-state index contributed by atoms with van der Waals surface area (Å²) in [6.45, 7) is 7.29. The van der Waals surface area contributed by atoms with E-state index in [0.29, 0.717) is 11.3 Å². The lowest BCUT2D eigenvalue weighted by atomic mass is 9.84. The van der Waals surface area contributed by atoms with Crippen LogP contribution in [0.1, 0.15) is 27.8 Å². The maximum Gasteiger partial charge on any atom is 0.187 e. The van der Waals surface area contributed by atoms with Crippen molar-refractivity contribution in [2.24, 2.45) is 0 Å². The lowest BCUT2D eigenvalue weighted by Gasteiger charge is -2.19. The molecule has 0 aromatic heterocycles. The summed E-state index contributed by atoms with van der Waals surface area (Å²) in [5.41, 5.74) is 9.32. The number of rotatable bonds is 2. The van der Waals surface area contributed by atoms with Gasteiger partial charge in [-0.15, -0.1) is 0 Å². The van der Waals surface area contributed by atoms with Crippen LogP contribution in [-0.4, -0.2) is 0 Å². The Balaban J connectivity index is 1.45. The Labute approximate surface area is 279 Å². The van der Waals surface area contributed by atoms with E-state index in [2.05, 4.69) is 120 Å². The van der Waals surface area contributed by atoms with E-state index in [-0.39, 0.29) is 0 Å². The van der Waals surface area contributed by atoms with E-state index in [9.17, 15) is 5.26 Å². The SMILES string of the molecule is [C-]#[N+]c1ccc(C#Cc2cc(-c3ccccc3)c3ccc4c(-c5ccccc5)cc(C#Cc5ccc(C#N)cc5)c5ccc2c3c54)cc1. The smallest absolute Gasteiger partial charge is 0.187 e. The molecule has 0 N–H and O–H groups in total. The van der Waals surface area contributed by atoms with Crippen molar-refractivity contribution in [3.05, 3.63) is 185 Å². The first-order valence-corrected chi connectivity index (χ1v) is 15.6. The van der Waals surface area contributed by atoms with E-state index >= 15 is 0 Å². The van der Waals surface area contributed by atoms with Crippen molar-refractivity contribution in [3.8, 4) is 52.0 Å². The number of benzene rings is 8. The largest absolute Gasteiger partial charge is 0.238 e. The Bertz CT molecular complexity index is 2510. The van der Waals surface area contributed by atoms with Gasteiger partial charge in [0.05, 0.1) is 18.2 Å². The van der Waals surface area contributed by atoms with Crippen LogP contribution in [0.25, 0.3) is 59.4 Å². The summed E-state index contributed by atoms with van der Waals surface area (Å²) in [6.07, 6.45) is 0. The first kappa shape index (κ1) is 28.4. The molecule has 8 aromatic rings. The highest BCUT2D eigenvalue weighted by Gasteiger charge is 2.19. The number of nitriles is 1. The van der Waals surface area contributed by atoms with Gasteiger partial charge in [-0.2, -0.15) is 5.26 Å². The third-order valence-electron chi connectivity index (χ3n) is 8.76. The van der Waals surface area contributed by atoms with Gasteiger partial charge in [-0.25, -0.2) is 4.85 Å². The highest BCUT2D eigenvalue weighted by atomic mass is 14.6. The first-order valence-electron chi connectivity index (χ1n) is 15.6. The molecule has 0 atom stereocenters. The molecule has 0 bridgehead atoms. The minimum Gasteiger partial charge on any atom is -0.238 e. The topological polar surface area (TPSA) is 28.1 Å². The van der Waals surface area contributed by atoms with E-state index in [1.807, 2.05) is 48.5 Å². The van der Waals surface area contributed by atoms with E-state index in [1.54, 1.807) is 12.1 Å². The van der Waals surface area contributed by atoms with E-state index in [1.165, 1.54) is 5.39 Å². The molecular formula is C46H24N2. The zero-order valence-electron chi connectivity index (χ0n) is 25.8. The van der Waals surface area contributed by atoms with Gasteiger partial charge in [-0.3, -0.25) is 0 Å². The number of nitrogens with zero attached hydrogens (tertiary/aromatic N) is 2. The first-order chi connectivity index (χ1) is 23.7. The summed E-state index contributed by atoms with van der Waals surface area (Å²) in [5, 5.41) is 16.1. The molecule has 0 saturated heterocycles. The standard InChI is InChI=1S/C46H24N2/c1-48-38-22-18-32(19-23-38)17-21-37-29-44(35-10-6-3-7-11-35)42-27-26-41-43(34-8-4-2-5-9-34)28-36(39-24-25-40(37)46(42)45(39)41)20-16-31-12-14-33(30-47)15-13-31/h2-15,18-19,22-29H. The normalized spacial score (nSPS) is 10.5. The molecule has 0 aliphatic rings. The van der Waals surface area contributed by atoms with Gasteiger partial charge in [0.2, 0.25) is 0 Å². The molecule has 2 heteroatoms. The van der Waals surface area contributed by atoms with Crippen LogP contribution >= 0.6 is 0 Å². The minimum atomic E-state index is 0.599. The molecule has 0 heterocycles. The second kappa shape index (κ2) is 12.0. The van der Waals surface area contributed by atoms with Crippen LogP contribution in [0.2, 0.25) is 0 Å².